The monoisotopic (exact) mass is 286 g/mol. The third-order valence-corrected chi connectivity index (χ3v) is 2.81. The zero-order valence-electron chi connectivity index (χ0n) is 10.9. The molecule has 0 fully saturated rings. The highest BCUT2D eigenvalue weighted by molar-refractivity contribution is 6.30. The molecule has 1 unspecified atom stereocenters. The first kappa shape index (κ1) is 15.8. The molecule has 0 bridgehead atoms. The van der Waals surface area contributed by atoms with Crippen LogP contribution in [0, 0.1) is 0 Å². The van der Waals surface area contributed by atoms with Crippen molar-refractivity contribution in [2.75, 3.05) is 26.8 Å². The number of amides is 2. The highest BCUT2D eigenvalue weighted by atomic mass is 35.5. The zero-order valence-corrected chi connectivity index (χ0v) is 11.6. The predicted octanol–water partition coefficient (Wildman–Crippen LogP) is 1.71. The Kier molecular flexibility index (Phi) is 7.25. The number of halogens is 1. The molecule has 19 heavy (non-hydrogen) atoms. The maximum Gasteiger partial charge on any atom is 0.314 e. The molecule has 106 valence electrons. The molecule has 1 atom stereocenters. The van der Waals surface area contributed by atoms with Crippen molar-refractivity contribution >= 4 is 17.6 Å². The van der Waals surface area contributed by atoms with E-state index in [0.29, 0.717) is 24.5 Å². The lowest BCUT2D eigenvalue weighted by molar-refractivity contribution is 0.104. The Morgan fingerprint density at radius 3 is 2.89 bits per heavy atom. The molecule has 0 aliphatic heterocycles. The molecule has 1 rings (SSSR count). The molecule has 0 spiro atoms. The van der Waals surface area contributed by atoms with Gasteiger partial charge >= 0.3 is 6.03 Å². The first-order valence-corrected chi connectivity index (χ1v) is 6.46. The van der Waals surface area contributed by atoms with Crippen molar-refractivity contribution in [1.29, 1.82) is 0 Å². The molecule has 0 aromatic heterocycles. The van der Waals surface area contributed by atoms with Crippen molar-refractivity contribution in [3.63, 3.8) is 0 Å². The molecule has 2 amide bonds. The number of rotatable bonds is 7. The average Bonchev–Trinajstić information content (AvgIpc) is 2.40. The molecule has 0 saturated carbocycles. The Labute approximate surface area is 117 Å². The van der Waals surface area contributed by atoms with Gasteiger partial charge in [-0.3, -0.25) is 0 Å². The highest BCUT2D eigenvalue weighted by Gasteiger charge is 2.12. The summed E-state index contributed by atoms with van der Waals surface area (Å²) in [5, 5.41) is 14.6. The normalized spacial score (nSPS) is 11.9. The van der Waals surface area contributed by atoms with Gasteiger partial charge in [-0.1, -0.05) is 23.7 Å². The number of carbonyl (C=O) groups is 1. The third-order valence-electron chi connectivity index (χ3n) is 2.57. The van der Waals surface area contributed by atoms with Crippen LogP contribution in [0.15, 0.2) is 24.3 Å². The number of urea groups is 1. The first-order chi connectivity index (χ1) is 9.17. The van der Waals surface area contributed by atoms with E-state index in [9.17, 15) is 4.79 Å². The molecule has 5 nitrogen and oxygen atoms in total. The highest BCUT2D eigenvalue weighted by Crippen LogP contribution is 2.19. The Bertz CT molecular complexity index is 401. The Morgan fingerprint density at radius 2 is 2.26 bits per heavy atom. The summed E-state index contributed by atoms with van der Waals surface area (Å²) in [4.78, 5) is 11.5. The van der Waals surface area contributed by atoms with E-state index in [4.69, 9.17) is 21.4 Å². The molecule has 0 radical (unpaired) electrons. The van der Waals surface area contributed by atoms with Gasteiger partial charge in [0.1, 0.15) is 0 Å². The molecule has 0 aliphatic carbocycles. The van der Waals surface area contributed by atoms with Crippen molar-refractivity contribution in [2.24, 2.45) is 0 Å². The summed E-state index contributed by atoms with van der Waals surface area (Å²) in [6.45, 7) is 0.850. The molecule has 0 heterocycles. The van der Waals surface area contributed by atoms with Crippen LogP contribution in [0.4, 0.5) is 4.79 Å². The lowest BCUT2D eigenvalue weighted by Gasteiger charge is -2.17. The second kappa shape index (κ2) is 8.74. The molecule has 3 N–H and O–H groups in total. The molecule has 6 heteroatoms. The summed E-state index contributed by atoms with van der Waals surface area (Å²) in [5.74, 6) is 0. The van der Waals surface area contributed by atoms with Crippen molar-refractivity contribution in [3.05, 3.63) is 34.9 Å². The van der Waals surface area contributed by atoms with Crippen molar-refractivity contribution in [1.82, 2.24) is 10.6 Å². The fourth-order valence-electron chi connectivity index (χ4n) is 1.57. The van der Waals surface area contributed by atoms with Crippen LogP contribution in [0.3, 0.4) is 0 Å². The summed E-state index contributed by atoms with van der Waals surface area (Å²) in [7, 11) is 1.58. The number of aliphatic hydroxyl groups is 1. The summed E-state index contributed by atoms with van der Waals surface area (Å²) in [6, 6.07) is 7.04. The maximum absolute atomic E-state index is 11.5. The second-order valence-corrected chi connectivity index (χ2v) is 4.43. The molecule has 1 aromatic rings. The number of methoxy groups -OCH3 is 1. The topological polar surface area (TPSA) is 70.6 Å². The van der Waals surface area contributed by atoms with E-state index in [0.717, 1.165) is 5.56 Å². The van der Waals surface area contributed by atoms with Gasteiger partial charge in [-0.2, -0.15) is 0 Å². The molecular formula is C13H19ClN2O3. The molecule has 0 saturated heterocycles. The molecular weight excluding hydrogens is 268 g/mol. The van der Waals surface area contributed by atoms with Crippen LogP contribution in [0.5, 0.6) is 0 Å². The summed E-state index contributed by atoms with van der Waals surface area (Å²) >= 11 is 5.91. The van der Waals surface area contributed by atoms with Crippen molar-refractivity contribution in [3.8, 4) is 0 Å². The summed E-state index contributed by atoms with van der Waals surface area (Å²) in [6.07, 6.45) is 0.289. The van der Waals surface area contributed by atoms with Gasteiger partial charge in [0.05, 0.1) is 6.10 Å². The van der Waals surface area contributed by atoms with Crippen LogP contribution in [0.1, 0.15) is 18.1 Å². The van der Waals surface area contributed by atoms with E-state index >= 15 is 0 Å². The Morgan fingerprint density at radius 1 is 1.47 bits per heavy atom. The van der Waals surface area contributed by atoms with Gasteiger partial charge in [-0.25, -0.2) is 4.79 Å². The van der Waals surface area contributed by atoms with Crippen LogP contribution in [-0.4, -0.2) is 37.9 Å². The van der Waals surface area contributed by atoms with E-state index in [1.807, 2.05) is 12.1 Å². The molecule has 0 aliphatic rings. The summed E-state index contributed by atoms with van der Waals surface area (Å²) in [5.41, 5.74) is 0.908. The van der Waals surface area contributed by atoms with E-state index in [1.54, 1.807) is 19.2 Å². The predicted molar refractivity (Wildman–Crippen MR) is 74.3 cm³/mol. The second-order valence-electron chi connectivity index (χ2n) is 3.99. The number of hydrogen-bond acceptors (Lipinski definition) is 3. The first-order valence-electron chi connectivity index (χ1n) is 6.08. The third kappa shape index (κ3) is 5.92. The lowest BCUT2D eigenvalue weighted by atomic mass is 10.1. The Balaban J connectivity index is 2.42. The number of carbonyl (C=O) groups excluding carboxylic acids is 1. The fourth-order valence-corrected chi connectivity index (χ4v) is 1.77. The van der Waals surface area contributed by atoms with Gasteiger partial charge in [0.15, 0.2) is 0 Å². The maximum atomic E-state index is 11.5. The minimum atomic E-state index is -0.280. The zero-order chi connectivity index (χ0) is 14.1. The van der Waals surface area contributed by atoms with Crippen LogP contribution >= 0.6 is 11.6 Å². The lowest BCUT2D eigenvalue weighted by Crippen LogP contribution is -2.38. The van der Waals surface area contributed by atoms with Gasteiger partial charge in [0.2, 0.25) is 0 Å². The minimum absolute atomic E-state index is 0.0590. The van der Waals surface area contributed by atoms with E-state index in [1.165, 1.54) is 0 Å². The van der Waals surface area contributed by atoms with Crippen LogP contribution in [0.2, 0.25) is 5.02 Å². The quantitative estimate of drug-likeness (QED) is 0.668. The van der Waals surface area contributed by atoms with Crippen LogP contribution < -0.4 is 10.6 Å². The van der Waals surface area contributed by atoms with E-state index in [2.05, 4.69) is 10.6 Å². The summed E-state index contributed by atoms with van der Waals surface area (Å²) < 4.78 is 5.33. The van der Waals surface area contributed by atoms with Crippen molar-refractivity contribution < 1.29 is 14.6 Å². The Hall–Kier alpha value is -1.30. The van der Waals surface area contributed by atoms with Gasteiger partial charge < -0.3 is 20.5 Å². The van der Waals surface area contributed by atoms with Gasteiger partial charge in [0.25, 0.3) is 0 Å². The van der Waals surface area contributed by atoms with Gasteiger partial charge in [-0.05, 0) is 24.1 Å². The SMILES string of the molecule is COC(CNC(=O)NCCCO)c1cccc(Cl)c1. The average molecular weight is 287 g/mol. The number of nitrogens with one attached hydrogen (secondary N) is 2. The van der Waals surface area contributed by atoms with Crippen molar-refractivity contribution in [2.45, 2.75) is 12.5 Å². The van der Waals surface area contributed by atoms with Crippen LogP contribution in [-0.2, 0) is 4.74 Å². The minimum Gasteiger partial charge on any atom is -0.396 e. The smallest absolute Gasteiger partial charge is 0.314 e. The van der Waals surface area contributed by atoms with Gasteiger partial charge in [0, 0.05) is 31.8 Å². The van der Waals surface area contributed by atoms with E-state index in [-0.39, 0.29) is 18.7 Å². The number of aliphatic hydroxyl groups excluding tert-OH is 1. The van der Waals surface area contributed by atoms with Gasteiger partial charge in [-0.15, -0.1) is 0 Å². The number of benzene rings is 1. The number of ether oxygens (including phenoxy) is 1. The number of hydrogen-bond donors (Lipinski definition) is 3. The van der Waals surface area contributed by atoms with E-state index < -0.39 is 0 Å². The largest absolute Gasteiger partial charge is 0.396 e. The van der Waals surface area contributed by atoms with Crippen LogP contribution in [0.25, 0.3) is 0 Å². The fraction of sp³-hybridized carbons (Fsp3) is 0.462. The standard InChI is InChI=1S/C13H19ClN2O3/c1-19-12(10-4-2-5-11(14)8-10)9-16-13(18)15-6-3-7-17/h2,4-5,8,12,17H,3,6-7,9H2,1H3,(H2,15,16,18). The molecule has 1 aromatic carbocycles.